The minimum Gasteiger partial charge on any atom is -0.351 e. The minimum atomic E-state index is -0.899. The lowest BCUT2D eigenvalue weighted by molar-refractivity contribution is 0.0951. The topological polar surface area (TPSA) is 101 Å². The molecule has 1 aliphatic heterocycles. The van der Waals surface area contributed by atoms with Crippen LogP contribution >= 0.6 is 0 Å². The van der Waals surface area contributed by atoms with Crippen LogP contribution in [0.2, 0.25) is 0 Å². The van der Waals surface area contributed by atoms with Gasteiger partial charge in [0.1, 0.15) is 17.3 Å². The highest BCUT2D eigenvalue weighted by atomic mass is 19.1. The SMILES string of the molecule is Cc1ccc(C(=O)NCc2ccccc2)cc1-c1nc(NC2CC(C)(C)NC(C)(C)C2)nc2c1ccc(=O)n2-c1c(F)cccc1F. The van der Waals surface area contributed by atoms with Crippen LogP contribution in [-0.2, 0) is 6.54 Å². The van der Waals surface area contributed by atoms with Crippen LogP contribution in [0.5, 0.6) is 0 Å². The maximum absolute atomic E-state index is 15.2. The highest BCUT2D eigenvalue weighted by Crippen LogP contribution is 2.34. The van der Waals surface area contributed by atoms with E-state index in [0.717, 1.165) is 40.7 Å². The summed E-state index contributed by atoms with van der Waals surface area (Å²) in [5.41, 5.74) is 1.75. The predicted octanol–water partition coefficient (Wildman–Crippen LogP) is 6.69. The van der Waals surface area contributed by atoms with E-state index in [-0.39, 0.29) is 34.6 Å². The van der Waals surface area contributed by atoms with Gasteiger partial charge >= 0.3 is 0 Å². The highest BCUT2D eigenvalue weighted by molar-refractivity contribution is 5.98. The zero-order chi connectivity index (χ0) is 33.5. The summed E-state index contributed by atoms with van der Waals surface area (Å²) in [6, 6.07) is 21.1. The Kier molecular flexibility index (Phi) is 8.40. The second kappa shape index (κ2) is 12.3. The zero-order valence-electron chi connectivity index (χ0n) is 27.1. The van der Waals surface area contributed by atoms with Crippen LogP contribution in [-0.4, -0.2) is 37.6 Å². The molecule has 0 atom stereocenters. The van der Waals surface area contributed by atoms with Gasteiger partial charge in [-0.2, -0.15) is 4.98 Å². The Morgan fingerprint density at radius 2 is 1.60 bits per heavy atom. The lowest BCUT2D eigenvalue weighted by Gasteiger charge is -2.46. The average Bonchev–Trinajstić information content (AvgIpc) is 2.99. The Labute approximate surface area is 272 Å². The summed E-state index contributed by atoms with van der Waals surface area (Å²) < 4.78 is 31.4. The first-order valence-electron chi connectivity index (χ1n) is 15.7. The Morgan fingerprint density at radius 1 is 0.915 bits per heavy atom. The van der Waals surface area contributed by atoms with Gasteiger partial charge in [-0.25, -0.2) is 13.8 Å². The van der Waals surface area contributed by atoms with Crippen molar-refractivity contribution in [2.45, 2.75) is 71.1 Å². The van der Waals surface area contributed by atoms with E-state index in [2.05, 4.69) is 43.6 Å². The van der Waals surface area contributed by atoms with E-state index >= 15 is 8.78 Å². The number of para-hydroxylation sites is 1. The molecule has 8 nitrogen and oxygen atoms in total. The molecule has 0 saturated carbocycles. The molecular weight excluding hydrogens is 598 g/mol. The molecule has 1 fully saturated rings. The summed E-state index contributed by atoms with van der Waals surface area (Å²) in [5, 5.41) is 10.5. The number of aromatic nitrogens is 3. The van der Waals surface area contributed by atoms with Crippen LogP contribution in [0.15, 0.2) is 83.7 Å². The molecule has 1 amide bonds. The molecule has 6 rings (SSSR count). The van der Waals surface area contributed by atoms with Crippen LogP contribution < -0.4 is 21.5 Å². The molecule has 0 radical (unpaired) electrons. The number of hydrogen-bond acceptors (Lipinski definition) is 6. The van der Waals surface area contributed by atoms with E-state index in [9.17, 15) is 9.59 Å². The fraction of sp³-hybridized carbons (Fsp3) is 0.297. The largest absolute Gasteiger partial charge is 0.351 e. The third-order valence-electron chi connectivity index (χ3n) is 8.49. The molecule has 0 spiro atoms. The van der Waals surface area contributed by atoms with Crippen molar-refractivity contribution in [2.75, 3.05) is 5.32 Å². The first-order valence-corrected chi connectivity index (χ1v) is 15.7. The zero-order valence-corrected chi connectivity index (χ0v) is 27.1. The summed E-state index contributed by atoms with van der Waals surface area (Å²) in [5.74, 6) is -1.86. The van der Waals surface area contributed by atoms with Gasteiger partial charge in [-0.05, 0) is 88.9 Å². The summed E-state index contributed by atoms with van der Waals surface area (Å²) in [6.07, 6.45) is 1.51. The third-order valence-corrected chi connectivity index (χ3v) is 8.49. The molecule has 1 saturated heterocycles. The molecule has 2 aromatic heterocycles. The van der Waals surface area contributed by atoms with Gasteiger partial charge in [0.25, 0.3) is 11.5 Å². The molecule has 3 aromatic carbocycles. The van der Waals surface area contributed by atoms with Gasteiger partial charge in [-0.1, -0.05) is 42.5 Å². The molecule has 0 aliphatic carbocycles. The smallest absolute Gasteiger partial charge is 0.256 e. The van der Waals surface area contributed by atoms with Gasteiger partial charge < -0.3 is 16.0 Å². The van der Waals surface area contributed by atoms with Crippen molar-refractivity contribution in [1.82, 2.24) is 25.2 Å². The Bertz CT molecular complexity index is 2000. The number of benzene rings is 3. The molecule has 242 valence electrons. The maximum Gasteiger partial charge on any atom is 0.256 e. The number of amides is 1. The number of nitrogens with one attached hydrogen (secondary N) is 3. The highest BCUT2D eigenvalue weighted by Gasteiger charge is 2.38. The van der Waals surface area contributed by atoms with Gasteiger partial charge in [0.15, 0.2) is 5.65 Å². The Hall–Kier alpha value is -4.96. The normalized spacial score (nSPS) is 15.8. The predicted molar refractivity (Wildman–Crippen MR) is 181 cm³/mol. The van der Waals surface area contributed by atoms with Crippen LogP contribution in [0.1, 0.15) is 62.0 Å². The molecule has 1 aliphatic rings. The van der Waals surface area contributed by atoms with Crippen LogP contribution in [0.25, 0.3) is 28.0 Å². The Balaban J connectivity index is 1.51. The maximum atomic E-state index is 15.2. The molecule has 0 bridgehead atoms. The van der Waals surface area contributed by atoms with Gasteiger partial charge in [0.2, 0.25) is 5.95 Å². The minimum absolute atomic E-state index is 0.0415. The Morgan fingerprint density at radius 3 is 2.28 bits per heavy atom. The summed E-state index contributed by atoms with van der Waals surface area (Å²) >= 11 is 0. The van der Waals surface area contributed by atoms with E-state index < -0.39 is 22.9 Å². The lowest BCUT2D eigenvalue weighted by atomic mass is 9.80. The fourth-order valence-electron chi connectivity index (χ4n) is 6.81. The first-order chi connectivity index (χ1) is 22.3. The molecule has 3 N–H and O–H groups in total. The van der Waals surface area contributed by atoms with Crippen molar-refractivity contribution >= 4 is 22.9 Å². The number of piperidine rings is 1. The molecule has 3 heterocycles. The van der Waals surface area contributed by atoms with E-state index in [1.807, 2.05) is 43.3 Å². The first kappa shape index (κ1) is 32.0. The van der Waals surface area contributed by atoms with Crippen molar-refractivity contribution in [2.24, 2.45) is 0 Å². The van der Waals surface area contributed by atoms with Gasteiger partial charge in [-0.3, -0.25) is 14.2 Å². The number of nitrogens with zero attached hydrogens (tertiary/aromatic N) is 3. The van der Waals surface area contributed by atoms with Gasteiger partial charge in [-0.15, -0.1) is 0 Å². The average molecular weight is 637 g/mol. The summed E-state index contributed by atoms with van der Waals surface area (Å²) in [4.78, 5) is 36.3. The number of aryl methyl sites for hydroxylation is 1. The number of rotatable bonds is 7. The number of halogens is 2. The van der Waals surface area contributed by atoms with Crippen LogP contribution in [0, 0.1) is 18.6 Å². The molecule has 5 aromatic rings. The van der Waals surface area contributed by atoms with Crippen molar-refractivity contribution in [3.8, 4) is 16.9 Å². The fourth-order valence-corrected chi connectivity index (χ4v) is 6.81. The van der Waals surface area contributed by atoms with Crippen molar-refractivity contribution in [1.29, 1.82) is 0 Å². The molecule has 47 heavy (non-hydrogen) atoms. The second-order valence-corrected chi connectivity index (χ2v) is 13.6. The molecule has 10 heteroatoms. The number of carbonyl (C=O) groups is 1. The number of hydrogen-bond donors (Lipinski definition) is 3. The van der Waals surface area contributed by atoms with Crippen LogP contribution in [0.3, 0.4) is 0 Å². The number of fused-ring (bicyclic) bond motifs is 1. The molecular formula is C37H38F2N6O2. The van der Waals surface area contributed by atoms with Gasteiger partial charge in [0, 0.05) is 46.2 Å². The number of carbonyl (C=O) groups excluding carboxylic acids is 1. The standard InChI is InChI=1S/C37H38F2N6O2/c1-22-14-15-24(34(47)40-21-23-10-7-6-8-11-23)18-27(22)31-26-16-17-30(46)45(32-28(38)12-9-13-29(32)39)33(26)43-35(42-31)41-25-19-36(2,3)44-37(4,5)20-25/h6-18,25,44H,19-21H2,1-5H3,(H,40,47)(H,41,42,43). The van der Waals surface area contributed by atoms with E-state index in [4.69, 9.17) is 9.97 Å². The van der Waals surface area contributed by atoms with Crippen LogP contribution in [0.4, 0.5) is 14.7 Å². The number of anilines is 1. The van der Waals surface area contributed by atoms with Crippen molar-refractivity contribution in [3.05, 3.63) is 118 Å². The van der Waals surface area contributed by atoms with E-state index in [1.165, 1.54) is 12.1 Å². The van der Waals surface area contributed by atoms with E-state index in [0.29, 0.717) is 28.8 Å². The van der Waals surface area contributed by atoms with Crippen molar-refractivity contribution < 1.29 is 13.6 Å². The van der Waals surface area contributed by atoms with Crippen molar-refractivity contribution in [3.63, 3.8) is 0 Å². The number of pyridine rings is 1. The summed E-state index contributed by atoms with van der Waals surface area (Å²) in [7, 11) is 0. The quantitative estimate of drug-likeness (QED) is 0.184. The van der Waals surface area contributed by atoms with E-state index in [1.54, 1.807) is 18.2 Å². The summed E-state index contributed by atoms with van der Waals surface area (Å²) in [6.45, 7) is 10.8. The van der Waals surface area contributed by atoms with Gasteiger partial charge in [0.05, 0.1) is 5.69 Å². The second-order valence-electron chi connectivity index (χ2n) is 13.6. The third kappa shape index (κ3) is 6.78. The monoisotopic (exact) mass is 636 g/mol. The molecule has 0 unspecified atom stereocenters. The lowest BCUT2D eigenvalue weighted by Crippen LogP contribution is -2.60.